The minimum Gasteiger partial charge on any atom is -0.467 e. The summed E-state index contributed by atoms with van der Waals surface area (Å²) in [6.45, 7) is 8.61. The highest BCUT2D eigenvalue weighted by molar-refractivity contribution is 5.97. The lowest BCUT2D eigenvalue weighted by Gasteiger charge is -2.15. The van der Waals surface area contributed by atoms with E-state index in [1.807, 2.05) is 27.7 Å². The van der Waals surface area contributed by atoms with Crippen molar-refractivity contribution in [2.75, 3.05) is 6.54 Å². The zero-order valence-electron chi connectivity index (χ0n) is 17.6. The fourth-order valence-electron chi connectivity index (χ4n) is 3.66. The number of nitrogens with zero attached hydrogens (tertiary/aromatic N) is 4. The maximum atomic E-state index is 13.2. The van der Waals surface area contributed by atoms with Crippen molar-refractivity contribution < 1.29 is 14.0 Å². The fourth-order valence-corrected chi connectivity index (χ4v) is 3.66. The molecular formula is C21H25N5O4. The molecule has 30 heavy (non-hydrogen) atoms. The van der Waals surface area contributed by atoms with Crippen LogP contribution in [0.25, 0.3) is 5.65 Å². The van der Waals surface area contributed by atoms with E-state index in [1.54, 1.807) is 33.9 Å². The van der Waals surface area contributed by atoms with Crippen molar-refractivity contribution in [2.45, 2.75) is 52.7 Å². The van der Waals surface area contributed by atoms with Gasteiger partial charge in [-0.05, 0) is 19.1 Å². The third-order valence-electron chi connectivity index (χ3n) is 5.18. The quantitative estimate of drug-likeness (QED) is 0.688. The number of nitrogens with one attached hydrogen (secondary N) is 1. The first-order valence-electron chi connectivity index (χ1n) is 9.95. The Balaban J connectivity index is 1.87. The molecule has 3 aromatic heterocycles. The normalized spacial score (nSPS) is 13.9. The Labute approximate surface area is 173 Å². The molecule has 158 valence electrons. The monoisotopic (exact) mass is 411 g/mol. The van der Waals surface area contributed by atoms with Crippen LogP contribution < -0.4 is 10.9 Å². The van der Waals surface area contributed by atoms with Crippen molar-refractivity contribution in [1.82, 2.24) is 24.4 Å². The summed E-state index contributed by atoms with van der Waals surface area (Å²) in [6, 6.07) is 5.31. The molecule has 0 radical (unpaired) electrons. The molecule has 9 nitrogen and oxygen atoms in total. The van der Waals surface area contributed by atoms with E-state index in [9.17, 15) is 14.4 Å². The number of likely N-dealkylation sites (N-methyl/N-ethyl adjacent to an activating group) is 1. The van der Waals surface area contributed by atoms with Gasteiger partial charge in [-0.15, -0.1) is 0 Å². The van der Waals surface area contributed by atoms with E-state index >= 15 is 0 Å². The highest BCUT2D eigenvalue weighted by Crippen LogP contribution is 2.27. The molecule has 1 N–H and O–H groups in total. The third-order valence-corrected chi connectivity index (χ3v) is 5.18. The molecule has 0 unspecified atom stereocenters. The largest absolute Gasteiger partial charge is 0.467 e. The van der Waals surface area contributed by atoms with Crippen molar-refractivity contribution in [3.8, 4) is 0 Å². The van der Waals surface area contributed by atoms with Crippen LogP contribution in [-0.2, 0) is 29.8 Å². The van der Waals surface area contributed by atoms with Crippen LogP contribution in [0.4, 0.5) is 0 Å². The van der Waals surface area contributed by atoms with Crippen LogP contribution in [0.2, 0.25) is 0 Å². The summed E-state index contributed by atoms with van der Waals surface area (Å²) >= 11 is 0. The fraction of sp³-hybridized carbons (Fsp3) is 0.429. The van der Waals surface area contributed by atoms with Crippen molar-refractivity contribution in [1.29, 1.82) is 0 Å². The lowest BCUT2D eigenvalue weighted by molar-refractivity contribution is -0.121. The molecule has 0 fully saturated rings. The first-order chi connectivity index (χ1) is 14.2. The van der Waals surface area contributed by atoms with Gasteiger partial charge >= 0.3 is 0 Å². The maximum absolute atomic E-state index is 13.2. The molecular weight excluding hydrogens is 386 g/mol. The predicted molar refractivity (Wildman–Crippen MR) is 109 cm³/mol. The molecule has 3 aromatic rings. The summed E-state index contributed by atoms with van der Waals surface area (Å²) in [7, 11) is 0. The van der Waals surface area contributed by atoms with E-state index in [1.165, 1.54) is 4.52 Å². The first-order valence-corrected chi connectivity index (χ1v) is 9.95. The van der Waals surface area contributed by atoms with Crippen LogP contribution in [0.15, 0.2) is 33.7 Å². The number of hydrogen-bond donors (Lipinski definition) is 1. The third kappa shape index (κ3) is 3.30. The Morgan fingerprint density at radius 1 is 1.30 bits per heavy atom. The highest BCUT2D eigenvalue weighted by Gasteiger charge is 2.36. The molecule has 1 aliphatic heterocycles. The smallest absolute Gasteiger partial charge is 0.280 e. The van der Waals surface area contributed by atoms with Gasteiger partial charge in [0.25, 0.3) is 11.5 Å². The maximum Gasteiger partial charge on any atom is 0.280 e. The lowest BCUT2D eigenvalue weighted by atomic mass is 9.93. The number of carbonyl (C=O) groups is 2. The van der Waals surface area contributed by atoms with E-state index in [0.29, 0.717) is 29.2 Å². The number of rotatable bonds is 5. The average molecular weight is 411 g/mol. The van der Waals surface area contributed by atoms with Gasteiger partial charge in [-0.3, -0.25) is 14.4 Å². The lowest BCUT2D eigenvalue weighted by Crippen LogP contribution is -2.32. The molecule has 4 rings (SSSR count). The topological polar surface area (TPSA) is 102 Å². The van der Waals surface area contributed by atoms with Gasteiger partial charge in [0.1, 0.15) is 23.6 Å². The van der Waals surface area contributed by atoms with Gasteiger partial charge in [0, 0.05) is 18.0 Å². The Morgan fingerprint density at radius 3 is 2.70 bits per heavy atom. The summed E-state index contributed by atoms with van der Waals surface area (Å²) in [5, 5.41) is 7.26. The van der Waals surface area contributed by atoms with Gasteiger partial charge in [-0.2, -0.15) is 9.61 Å². The number of carbonyl (C=O) groups excluding carboxylic acids is 2. The minimum absolute atomic E-state index is 0.0738. The van der Waals surface area contributed by atoms with Crippen molar-refractivity contribution in [3.05, 3.63) is 57.5 Å². The highest BCUT2D eigenvalue weighted by atomic mass is 16.3. The van der Waals surface area contributed by atoms with E-state index in [0.717, 1.165) is 0 Å². The standard InChI is InChI=1S/C21H25N5O4/c1-5-22-16(27)12-25-17-9-15(21(2,3)4)23-26(17)19(28)14-11-24(20(29)18(14)25)10-13-7-6-8-30-13/h6-9H,5,10-12H2,1-4H3,(H,22,27). The SMILES string of the molecule is CCNC(=O)Cn1c2c(c(=O)n3nc(C(C)(C)C)cc13)CN(Cc1ccco1)C2=O. The molecule has 0 aliphatic carbocycles. The van der Waals surface area contributed by atoms with Crippen molar-refractivity contribution in [3.63, 3.8) is 0 Å². The van der Waals surface area contributed by atoms with Crippen LogP contribution in [0.3, 0.4) is 0 Å². The average Bonchev–Trinajstić information content (AvgIpc) is 3.39. The predicted octanol–water partition coefficient (Wildman–Crippen LogP) is 1.68. The zero-order chi connectivity index (χ0) is 21.6. The van der Waals surface area contributed by atoms with E-state index in [4.69, 9.17) is 4.42 Å². The van der Waals surface area contributed by atoms with Gasteiger partial charge < -0.3 is 19.2 Å². The molecule has 0 saturated heterocycles. The minimum atomic E-state index is -0.335. The van der Waals surface area contributed by atoms with Crippen molar-refractivity contribution >= 4 is 17.5 Å². The molecule has 0 aromatic carbocycles. The van der Waals surface area contributed by atoms with Gasteiger partial charge in [-0.25, -0.2) is 0 Å². The molecule has 9 heteroatoms. The molecule has 4 heterocycles. The van der Waals surface area contributed by atoms with Crippen LogP contribution in [0, 0.1) is 0 Å². The van der Waals surface area contributed by atoms with Crippen LogP contribution in [0.1, 0.15) is 55.2 Å². The Hall–Kier alpha value is -3.36. The molecule has 0 spiro atoms. The van der Waals surface area contributed by atoms with Gasteiger partial charge in [0.15, 0.2) is 0 Å². The number of furan rings is 1. The second kappa shape index (κ2) is 7.16. The Bertz CT molecular complexity index is 1180. The van der Waals surface area contributed by atoms with Gasteiger partial charge in [0.05, 0.1) is 30.6 Å². The second-order valence-electron chi connectivity index (χ2n) is 8.46. The summed E-state index contributed by atoms with van der Waals surface area (Å²) in [4.78, 5) is 40.4. The first kappa shape index (κ1) is 19.9. The molecule has 2 amide bonds. The number of aromatic nitrogens is 3. The molecule has 0 saturated carbocycles. The van der Waals surface area contributed by atoms with E-state index in [-0.39, 0.29) is 48.1 Å². The summed E-state index contributed by atoms with van der Waals surface area (Å²) in [6.07, 6.45) is 1.54. The van der Waals surface area contributed by atoms with E-state index in [2.05, 4.69) is 10.4 Å². The molecule has 0 bridgehead atoms. The van der Waals surface area contributed by atoms with Gasteiger partial charge in [-0.1, -0.05) is 20.8 Å². The number of hydrogen-bond acceptors (Lipinski definition) is 5. The number of amides is 2. The summed E-state index contributed by atoms with van der Waals surface area (Å²) in [5.41, 5.74) is 1.10. The second-order valence-corrected chi connectivity index (χ2v) is 8.46. The van der Waals surface area contributed by atoms with Crippen LogP contribution >= 0.6 is 0 Å². The summed E-state index contributed by atoms with van der Waals surface area (Å²) in [5.74, 6) is 0.0866. The Morgan fingerprint density at radius 2 is 2.07 bits per heavy atom. The number of fused-ring (bicyclic) bond motifs is 2. The van der Waals surface area contributed by atoms with Gasteiger partial charge in [0.2, 0.25) is 5.91 Å². The van der Waals surface area contributed by atoms with Crippen LogP contribution in [-0.4, -0.2) is 37.4 Å². The molecule has 1 aliphatic rings. The molecule has 0 atom stereocenters. The summed E-state index contributed by atoms with van der Waals surface area (Å²) < 4.78 is 8.27. The van der Waals surface area contributed by atoms with Crippen LogP contribution in [0.5, 0.6) is 0 Å². The Kier molecular flexibility index (Phi) is 4.76. The van der Waals surface area contributed by atoms with Crippen molar-refractivity contribution in [2.24, 2.45) is 0 Å². The van der Waals surface area contributed by atoms with E-state index < -0.39 is 0 Å². The zero-order valence-corrected chi connectivity index (χ0v) is 17.6.